The fourth-order valence-electron chi connectivity index (χ4n) is 3.19. The molecule has 0 N–H and O–H groups in total. The minimum Gasteiger partial charge on any atom is -0.336 e. The Morgan fingerprint density at radius 3 is 2.86 bits per heavy atom. The van der Waals surface area contributed by atoms with Crippen molar-refractivity contribution in [3.8, 4) is 0 Å². The Kier molecular flexibility index (Phi) is 4.15. The van der Waals surface area contributed by atoms with E-state index in [4.69, 9.17) is 11.6 Å². The highest BCUT2D eigenvalue weighted by atomic mass is 35.5. The molecule has 0 aromatic heterocycles. The minimum absolute atomic E-state index is 0.0838. The number of amides is 2. The second kappa shape index (κ2) is 6.06. The SMILES string of the molecule is O=C1C2CCCCN2C(=O)CCN1Cc1cccc(Cl)c1. The molecule has 2 saturated heterocycles. The van der Waals surface area contributed by atoms with Crippen LogP contribution < -0.4 is 0 Å². The van der Waals surface area contributed by atoms with E-state index in [1.807, 2.05) is 24.3 Å². The zero-order valence-corrected chi connectivity index (χ0v) is 12.7. The molecule has 0 bridgehead atoms. The van der Waals surface area contributed by atoms with Gasteiger partial charge in [0, 0.05) is 31.1 Å². The van der Waals surface area contributed by atoms with Gasteiger partial charge in [-0.3, -0.25) is 9.59 Å². The summed E-state index contributed by atoms with van der Waals surface area (Å²) in [5, 5.41) is 0.671. The predicted molar refractivity (Wildman–Crippen MR) is 80.8 cm³/mol. The molecule has 1 aromatic carbocycles. The van der Waals surface area contributed by atoms with Crippen LogP contribution in [0.2, 0.25) is 5.02 Å². The smallest absolute Gasteiger partial charge is 0.245 e. The fourth-order valence-corrected chi connectivity index (χ4v) is 3.41. The molecule has 112 valence electrons. The molecule has 4 nitrogen and oxygen atoms in total. The summed E-state index contributed by atoms with van der Waals surface area (Å²) in [4.78, 5) is 28.5. The molecule has 1 unspecified atom stereocenters. The number of carbonyl (C=O) groups is 2. The van der Waals surface area contributed by atoms with Crippen LogP contribution >= 0.6 is 11.6 Å². The van der Waals surface area contributed by atoms with Gasteiger partial charge in [0.25, 0.3) is 0 Å². The number of benzene rings is 1. The monoisotopic (exact) mass is 306 g/mol. The third-order valence-corrected chi connectivity index (χ3v) is 4.51. The van der Waals surface area contributed by atoms with E-state index in [2.05, 4.69) is 0 Å². The van der Waals surface area contributed by atoms with Crippen molar-refractivity contribution in [3.63, 3.8) is 0 Å². The molecule has 0 spiro atoms. The number of hydrogen-bond donors (Lipinski definition) is 0. The predicted octanol–water partition coefficient (Wildman–Crippen LogP) is 2.45. The number of carbonyl (C=O) groups excluding carboxylic acids is 2. The topological polar surface area (TPSA) is 40.6 Å². The van der Waals surface area contributed by atoms with Gasteiger partial charge in [0.1, 0.15) is 6.04 Å². The molecule has 2 amide bonds. The van der Waals surface area contributed by atoms with Crippen molar-refractivity contribution in [3.05, 3.63) is 34.9 Å². The van der Waals surface area contributed by atoms with Gasteiger partial charge in [-0.1, -0.05) is 23.7 Å². The number of nitrogens with zero attached hydrogens (tertiary/aromatic N) is 2. The lowest BCUT2D eigenvalue weighted by Gasteiger charge is -2.34. The summed E-state index contributed by atoms with van der Waals surface area (Å²) in [7, 11) is 0. The van der Waals surface area contributed by atoms with E-state index in [1.165, 1.54) is 0 Å². The molecular weight excluding hydrogens is 288 g/mol. The van der Waals surface area contributed by atoms with Crippen LogP contribution in [0.5, 0.6) is 0 Å². The summed E-state index contributed by atoms with van der Waals surface area (Å²) in [6.45, 7) is 1.74. The molecule has 2 aliphatic heterocycles. The van der Waals surface area contributed by atoms with E-state index < -0.39 is 0 Å². The Morgan fingerprint density at radius 2 is 2.05 bits per heavy atom. The van der Waals surface area contributed by atoms with Crippen molar-refractivity contribution in [2.45, 2.75) is 38.3 Å². The lowest BCUT2D eigenvalue weighted by molar-refractivity contribution is -0.143. The molecule has 3 rings (SSSR count). The molecule has 1 atom stereocenters. The molecule has 0 aliphatic carbocycles. The standard InChI is InChI=1S/C16H19ClN2O2/c17-13-5-3-4-12(10-13)11-18-9-7-15(20)19-8-2-1-6-14(19)16(18)21/h3-5,10,14H,1-2,6-9,11H2. The van der Waals surface area contributed by atoms with Gasteiger partial charge in [-0.2, -0.15) is 0 Å². The summed E-state index contributed by atoms with van der Waals surface area (Å²) in [6, 6.07) is 7.29. The van der Waals surface area contributed by atoms with Gasteiger partial charge in [-0.05, 0) is 37.0 Å². The van der Waals surface area contributed by atoms with Crippen LogP contribution in [0.3, 0.4) is 0 Å². The first-order valence-electron chi connectivity index (χ1n) is 7.48. The number of rotatable bonds is 2. The summed E-state index contributed by atoms with van der Waals surface area (Å²) in [5.74, 6) is 0.196. The van der Waals surface area contributed by atoms with Gasteiger partial charge in [-0.15, -0.1) is 0 Å². The summed E-state index contributed by atoms with van der Waals surface area (Å²) < 4.78 is 0. The fraction of sp³-hybridized carbons (Fsp3) is 0.500. The van der Waals surface area contributed by atoms with Crippen LogP contribution in [0, 0.1) is 0 Å². The molecule has 2 fully saturated rings. The highest BCUT2D eigenvalue weighted by Gasteiger charge is 2.37. The van der Waals surface area contributed by atoms with Crippen LogP contribution in [0.15, 0.2) is 24.3 Å². The minimum atomic E-state index is -0.257. The first kappa shape index (κ1) is 14.4. The highest BCUT2D eigenvalue weighted by Crippen LogP contribution is 2.24. The number of fused-ring (bicyclic) bond motifs is 1. The Bertz CT molecular complexity index is 561. The average molecular weight is 307 g/mol. The first-order chi connectivity index (χ1) is 10.1. The van der Waals surface area contributed by atoms with Crippen molar-refractivity contribution in [2.75, 3.05) is 13.1 Å². The molecule has 2 heterocycles. The van der Waals surface area contributed by atoms with Gasteiger partial charge >= 0.3 is 0 Å². The van der Waals surface area contributed by atoms with Crippen molar-refractivity contribution in [2.24, 2.45) is 0 Å². The zero-order valence-electron chi connectivity index (χ0n) is 11.9. The normalized spacial score (nSPS) is 23.0. The Morgan fingerprint density at radius 1 is 1.19 bits per heavy atom. The lowest BCUT2D eigenvalue weighted by atomic mass is 10.0. The maximum Gasteiger partial charge on any atom is 0.245 e. The van der Waals surface area contributed by atoms with E-state index in [-0.39, 0.29) is 17.9 Å². The van der Waals surface area contributed by atoms with E-state index in [1.54, 1.807) is 9.80 Å². The van der Waals surface area contributed by atoms with Crippen molar-refractivity contribution < 1.29 is 9.59 Å². The van der Waals surface area contributed by atoms with E-state index >= 15 is 0 Å². The molecule has 21 heavy (non-hydrogen) atoms. The lowest BCUT2D eigenvalue weighted by Crippen LogP contribution is -2.49. The summed E-state index contributed by atoms with van der Waals surface area (Å²) >= 11 is 6.00. The molecular formula is C16H19ClN2O2. The van der Waals surface area contributed by atoms with Gasteiger partial charge in [0.2, 0.25) is 11.8 Å². The second-order valence-electron chi connectivity index (χ2n) is 5.74. The number of halogens is 1. The summed E-state index contributed by atoms with van der Waals surface area (Å²) in [6.07, 6.45) is 3.23. The Hall–Kier alpha value is -1.55. The van der Waals surface area contributed by atoms with Crippen LogP contribution in [0.25, 0.3) is 0 Å². The van der Waals surface area contributed by atoms with Crippen molar-refractivity contribution in [1.29, 1.82) is 0 Å². The Labute approximate surface area is 129 Å². The maximum atomic E-state index is 12.7. The molecule has 2 aliphatic rings. The molecule has 0 radical (unpaired) electrons. The quantitative estimate of drug-likeness (QED) is 0.842. The van der Waals surface area contributed by atoms with Crippen LogP contribution in [-0.4, -0.2) is 40.7 Å². The van der Waals surface area contributed by atoms with Gasteiger partial charge in [-0.25, -0.2) is 0 Å². The Balaban J connectivity index is 1.79. The molecule has 0 saturated carbocycles. The molecule has 5 heteroatoms. The van der Waals surface area contributed by atoms with Crippen LogP contribution in [0.1, 0.15) is 31.2 Å². The number of piperidine rings is 1. The highest BCUT2D eigenvalue weighted by molar-refractivity contribution is 6.30. The number of hydrogen-bond acceptors (Lipinski definition) is 2. The van der Waals surface area contributed by atoms with Crippen molar-refractivity contribution in [1.82, 2.24) is 9.80 Å². The van der Waals surface area contributed by atoms with E-state index in [0.717, 1.165) is 31.4 Å². The second-order valence-corrected chi connectivity index (χ2v) is 6.17. The van der Waals surface area contributed by atoms with E-state index in [9.17, 15) is 9.59 Å². The third kappa shape index (κ3) is 3.05. The third-order valence-electron chi connectivity index (χ3n) is 4.28. The zero-order chi connectivity index (χ0) is 14.8. The van der Waals surface area contributed by atoms with Crippen molar-refractivity contribution >= 4 is 23.4 Å². The van der Waals surface area contributed by atoms with Crippen LogP contribution in [-0.2, 0) is 16.1 Å². The largest absolute Gasteiger partial charge is 0.336 e. The van der Waals surface area contributed by atoms with Gasteiger partial charge in [0.15, 0.2) is 0 Å². The van der Waals surface area contributed by atoms with Crippen LogP contribution in [0.4, 0.5) is 0 Å². The first-order valence-corrected chi connectivity index (χ1v) is 7.85. The summed E-state index contributed by atoms with van der Waals surface area (Å²) in [5.41, 5.74) is 1.01. The van der Waals surface area contributed by atoms with E-state index in [0.29, 0.717) is 24.5 Å². The molecule has 1 aromatic rings. The average Bonchev–Trinajstić information content (AvgIpc) is 2.60. The van der Waals surface area contributed by atoms with Gasteiger partial charge in [0.05, 0.1) is 0 Å². The maximum absolute atomic E-state index is 12.7. The van der Waals surface area contributed by atoms with Gasteiger partial charge < -0.3 is 9.80 Å².